The van der Waals surface area contributed by atoms with E-state index in [4.69, 9.17) is 5.11 Å². The summed E-state index contributed by atoms with van der Waals surface area (Å²) in [7, 11) is 0. The Bertz CT molecular complexity index is 288. The summed E-state index contributed by atoms with van der Waals surface area (Å²) in [6, 6.07) is 1.79. The van der Waals surface area contributed by atoms with Gasteiger partial charge in [-0.1, -0.05) is 0 Å². The standard InChI is InChI=1S/C10H19N3O3/c1-10(16,8-14)7-11-5-9(15)6-13-4-2-3-12-13/h2-4,9,11,14-16H,5-8H2,1H3. The van der Waals surface area contributed by atoms with Gasteiger partial charge in [-0.25, -0.2) is 0 Å². The summed E-state index contributed by atoms with van der Waals surface area (Å²) in [5, 5.41) is 34.8. The maximum atomic E-state index is 9.62. The van der Waals surface area contributed by atoms with E-state index in [0.29, 0.717) is 13.1 Å². The zero-order chi connectivity index (χ0) is 12.0. The molecule has 0 spiro atoms. The van der Waals surface area contributed by atoms with Gasteiger partial charge in [0.25, 0.3) is 0 Å². The van der Waals surface area contributed by atoms with Gasteiger partial charge in [0.15, 0.2) is 0 Å². The van der Waals surface area contributed by atoms with Gasteiger partial charge in [-0.3, -0.25) is 4.68 Å². The van der Waals surface area contributed by atoms with Crippen molar-refractivity contribution in [3.8, 4) is 0 Å². The molecule has 4 N–H and O–H groups in total. The number of hydrogen-bond donors (Lipinski definition) is 4. The predicted octanol–water partition coefficient (Wildman–Crippen LogP) is -1.42. The maximum Gasteiger partial charge on any atom is 0.0972 e. The molecule has 0 aliphatic carbocycles. The van der Waals surface area contributed by atoms with Crippen molar-refractivity contribution in [3.05, 3.63) is 18.5 Å². The Morgan fingerprint density at radius 3 is 2.88 bits per heavy atom. The van der Waals surface area contributed by atoms with Crippen molar-refractivity contribution in [2.75, 3.05) is 19.7 Å². The molecule has 16 heavy (non-hydrogen) atoms. The SMILES string of the molecule is CC(O)(CO)CNCC(O)Cn1cccn1. The van der Waals surface area contributed by atoms with Crippen molar-refractivity contribution in [2.24, 2.45) is 0 Å². The zero-order valence-corrected chi connectivity index (χ0v) is 9.37. The fourth-order valence-electron chi connectivity index (χ4n) is 1.25. The minimum Gasteiger partial charge on any atom is -0.393 e. The Balaban J connectivity index is 2.18. The number of aliphatic hydroxyl groups excluding tert-OH is 2. The highest BCUT2D eigenvalue weighted by atomic mass is 16.3. The molecule has 1 aromatic heterocycles. The van der Waals surface area contributed by atoms with Crippen molar-refractivity contribution in [3.63, 3.8) is 0 Å². The van der Waals surface area contributed by atoms with Crippen LogP contribution in [0.25, 0.3) is 0 Å². The molecule has 1 aromatic rings. The molecular weight excluding hydrogens is 210 g/mol. The molecule has 0 fully saturated rings. The molecule has 0 saturated carbocycles. The Hall–Kier alpha value is -0.950. The Kier molecular flexibility index (Phi) is 4.88. The van der Waals surface area contributed by atoms with Gasteiger partial charge in [-0.2, -0.15) is 5.10 Å². The van der Waals surface area contributed by atoms with Crippen molar-refractivity contribution >= 4 is 0 Å². The zero-order valence-electron chi connectivity index (χ0n) is 9.37. The fourth-order valence-corrected chi connectivity index (χ4v) is 1.25. The quantitative estimate of drug-likeness (QED) is 0.460. The normalized spacial score (nSPS) is 17.0. The third-order valence-corrected chi connectivity index (χ3v) is 2.18. The summed E-state index contributed by atoms with van der Waals surface area (Å²) in [6.07, 6.45) is 2.85. The van der Waals surface area contributed by atoms with Crippen LogP contribution in [0.2, 0.25) is 0 Å². The first kappa shape index (κ1) is 13.1. The van der Waals surface area contributed by atoms with Crippen LogP contribution in [0.1, 0.15) is 6.92 Å². The van der Waals surface area contributed by atoms with E-state index in [9.17, 15) is 10.2 Å². The van der Waals surface area contributed by atoms with E-state index in [1.54, 1.807) is 23.1 Å². The van der Waals surface area contributed by atoms with Gasteiger partial charge in [0.05, 0.1) is 24.9 Å². The van der Waals surface area contributed by atoms with Crippen molar-refractivity contribution in [1.82, 2.24) is 15.1 Å². The molecule has 92 valence electrons. The highest BCUT2D eigenvalue weighted by Crippen LogP contribution is 1.98. The third kappa shape index (κ3) is 4.71. The second kappa shape index (κ2) is 5.95. The number of aliphatic hydroxyl groups is 3. The molecule has 0 radical (unpaired) electrons. The minimum absolute atomic E-state index is 0.236. The highest BCUT2D eigenvalue weighted by molar-refractivity contribution is 4.79. The number of aromatic nitrogens is 2. The molecule has 0 aromatic carbocycles. The van der Waals surface area contributed by atoms with Gasteiger partial charge in [-0.05, 0) is 13.0 Å². The van der Waals surface area contributed by atoms with E-state index in [-0.39, 0.29) is 13.2 Å². The van der Waals surface area contributed by atoms with Gasteiger partial charge in [0.1, 0.15) is 0 Å². The summed E-state index contributed by atoms with van der Waals surface area (Å²) in [6.45, 7) is 2.20. The molecule has 1 rings (SSSR count). The van der Waals surface area contributed by atoms with Crippen LogP contribution in [0, 0.1) is 0 Å². The Labute approximate surface area is 94.5 Å². The van der Waals surface area contributed by atoms with Crippen molar-refractivity contribution in [2.45, 2.75) is 25.2 Å². The smallest absolute Gasteiger partial charge is 0.0972 e. The average Bonchev–Trinajstić information content (AvgIpc) is 2.70. The molecule has 6 nitrogen and oxygen atoms in total. The molecule has 2 atom stereocenters. The fraction of sp³-hybridized carbons (Fsp3) is 0.700. The largest absolute Gasteiger partial charge is 0.393 e. The van der Waals surface area contributed by atoms with Crippen molar-refractivity contribution < 1.29 is 15.3 Å². The molecule has 0 amide bonds. The van der Waals surface area contributed by atoms with Gasteiger partial charge < -0.3 is 20.6 Å². The molecule has 2 unspecified atom stereocenters. The number of nitrogens with zero attached hydrogens (tertiary/aromatic N) is 2. The van der Waals surface area contributed by atoms with Crippen LogP contribution in [-0.2, 0) is 6.54 Å². The summed E-state index contributed by atoms with van der Waals surface area (Å²) in [5.74, 6) is 0. The van der Waals surface area contributed by atoms with Crippen LogP contribution in [0.15, 0.2) is 18.5 Å². The van der Waals surface area contributed by atoms with E-state index in [2.05, 4.69) is 10.4 Å². The second-order valence-electron chi connectivity index (χ2n) is 4.17. The van der Waals surface area contributed by atoms with E-state index in [1.165, 1.54) is 6.92 Å². The van der Waals surface area contributed by atoms with Gasteiger partial charge >= 0.3 is 0 Å². The molecular formula is C10H19N3O3. The van der Waals surface area contributed by atoms with Gasteiger partial charge in [0, 0.05) is 25.5 Å². The lowest BCUT2D eigenvalue weighted by Gasteiger charge is -2.21. The van der Waals surface area contributed by atoms with Crippen molar-refractivity contribution in [1.29, 1.82) is 0 Å². The van der Waals surface area contributed by atoms with E-state index in [0.717, 1.165) is 0 Å². The van der Waals surface area contributed by atoms with Crippen LogP contribution >= 0.6 is 0 Å². The number of nitrogens with one attached hydrogen (secondary N) is 1. The number of hydrogen-bond acceptors (Lipinski definition) is 5. The van der Waals surface area contributed by atoms with E-state index in [1.807, 2.05) is 0 Å². The van der Waals surface area contributed by atoms with Gasteiger partial charge in [-0.15, -0.1) is 0 Å². The van der Waals surface area contributed by atoms with Crippen LogP contribution < -0.4 is 5.32 Å². The third-order valence-electron chi connectivity index (χ3n) is 2.18. The van der Waals surface area contributed by atoms with Crippen LogP contribution in [0.3, 0.4) is 0 Å². The average molecular weight is 229 g/mol. The summed E-state index contributed by atoms with van der Waals surface area (Å²) in [4.78, 5) is 0. The lowest BCUT2D eigenvalue weighted by Crippen LogP contribution is -2.43. The molecule has 0 bridgehead atoms. The lowest BCUT2D eigenvalue weighted by atomic mass is 10.1. The summed E-state index contributed by atoms with van der Waals surface area (Å²) < 4.78 is 1.64. The van der Waals surface area contributed by atoms with Gasteiger partial charge in [0.2, 0.25) is 0 Å². The van der Waals surface area contributed by atoms with Crippen LogP contribution in [-0.4, -0.2) is 56.5 Å². The topological polar surface area (TPSA) is 90.5 Å². The lowest BCUT2D eigenvalue weighted by molar-refractivity contribution is 0.000386. The minimum atomic E-state index is -1.15. The molecule has 6 heteroatoms. The summed E-state index contributed by atoms with van der Waals surface area (Å²) in [5.41, 5.74) is -1.15. The molecule has 0 saturated heterocycles. The molecule has 0 aliphatic rings. The molecule has 0 aliphatic heterocycles. The Morgan fingerprint density at radius 2 is 2.31 bits per heavy atom. The first-order valence-electron chi connectivity index (χ1n) is 5.23. The Morgan fingerprint density at radius 1 is 1.56 bits per heavy atom. The molecule has 1 heterocycles. The first-order chi connectivity index (χ1) is 7.53. The number of rotatable bonds is 7. The van der Waals surface area contributed by atoms with E-state index >= 15 is 0 Å². The maximum absolute atomic E-state index is 9.62. The predicted molar refractivity (Wildman–Crippen MR) is 58.8 cm³/mol. The summed E-state index contributed by atoms with van der Waals surface area (Å²) >= 11 is 0. The highest BCUT2D eigenvalue weighted by Gasteiger charge is 2.18. The monoisotopic (exact) mass is 229 g/mol. The second-order valence-corrected chi connectivity index (χ2v) is 4.17. The van der Waals surface area contributed by atoms with E-state index < -0.39 is 11.7 Å². The van der Waals surface area contributed by atoms with Crippen LogP contribution in [0.5, 0.6) is 0 Å². The van der Waals surface area contributed by atoms with Crippen LogP contribution in [0.4, 0.5) is 0 Å². The first-order valence-corrected chi connectivity index (χ1v) is 5.23.